The smallest absolute Gasteiger partial charge is 0.408 e. The number of aryl methyl sites for hydroxylation is 1. The van der Waals surface area contributed by atoms with Crippen molar-refractivity contribution in [3.05, 3.63) is 75.8 Å². The molecule has 7 N–H and O–H groups in total. The molecule has 0 unspecified atom stereocenters. The number of fused-ring (bicyclic) bond motifs is 1. The highest BCUT2D eigenvalue weighted by Crippen LogP contribution is 2.22. The topological polar surface area (TPSA) is 203 Å². The number of para-hydroxylation sites is 2. The molecule has 0 aliphatic heterocycles. The van der Waals surface area contributed by atoms with Gasteiger partial charge in [-0.1, -0.05) is 57.2 Å². The minimum absolute atomic E-state index is 0.0268. The lowest BCUT2D eigenvalue weighted by atomic mass is 9.87. The minimum Gasteiger partial charge on any atom is -0.493 e. The predicted molar refractivity (Wildman–Crippen MR) is 163 cm³/mol. The second-order valence-electron chi connectivity index (χ2n) is 11.3. The third-order valence-corrected chi connectivity index (χ3v) is 6.90. The number of benzene rings is 2. The monoisotopic (exact) mass is 607 g/mol. The molecule has 0 spiro atoms. The van der Waals surface area contributed by atoms with Gasteiger partial charge in [-0.25, -0.2) is 19.4 Å². The number of H-pyrrole nitrogens is 2. The zero-order chi connectivity index (χ0) is 31.9. The van der Waals surface area contributed by atoms with Gasteiger partial charge in [0.25, 0.3) is 0 Å². The Bertz CT molecular complexity index is 1630. The zero-order valence-corrected chi connectivity index (χ0v) is 24.8. The summed E-state index contributed by atoms with van der Waals surface area (Å²) in [5.74, 6) is -1.91. The molecule has 1 atom stereocenters. The van der Waals surface area contributed by atoms with Crippen molar-refractivity contribution in [1.29, 1.82) is 0 Å². The molecule has 14 nitrogen and oxygen atoms in total. The van der Waals surface area contributed by atoms with Gasteiger partial charge < -0.3 is 40.9 Å². The number of rotatable bonds is 13. The Morgan fingerprint density at radius 2 is 1.80 bits per heavy atom. The van der Waals surface area contributed by atoms with Gasteiger partial charge in [0, 0.05) is 13.1 Å². The van der Waals surface area contributed by atoms with Crippen LogP contribution in [0.2, 0.25) is 0 Å². The van der Waals surface area contributed by atoms with Crippen LogP contribution in [0.15, 0.2) is 53.3 Å². The third kappa shape index (κ3) is 8.40. The number of ether oxygens (including phenoxy) is 1. The predicted octanol–water partition coefficient (Wildman–Crippen LogP) is 2.60. The minimum atomic E-state index is -1.49. The molecule has 4 aromatic rings. The molecule has 0 aliphatic carbocycles. The Kier molecular flexibility index (Phi) is 9.93. The van der Waals surface area contributed by atoms with E-state index in [2.05, 4.69) is 51.7 Å². The van der Waals surface area contributed by atoms with Crippen molar-refractivity contribution < 1.29 is 29.3 Å². The van der Waals surface area contributed by atoms with Crippen LogP contribution in [0.25, 0.3) is 11.0 Å². The summed E-state index contributed by atoms with van der Waals surface area (Å²) in [5.41, 5.74) is 3.12. The van der Waals surface area contributed by atoms with E-state index in [1.807, 2.05) is 48.5 Å². The van der Waals surface area contributed by atoms with Crippen LogP contribution >= 0.6 is 0 Å². The van der Waals surface area contributed by atoms with Crippen LogP contribution in [0.1, 0.15) is 44.0 Å². The van der Waals surface area contributed by atoms with Crippen molar-refractivity contribution in [2.45, 2.75) is 58.2 Å². The number of carboxylic acid groups (broad SMARTS) is 1. The fraction of sp³-hybridized carbons (Fsp3) is 0.367. The van der Waals surface area contributed by atoms with Gasteiger partial charge in [-0.05, 0) is 41.5 Å². The van der Waals surface area contributed by atoms with Gasteiger partial charge in [-0.15, -0.1) is 0 Å². The van der Waals surface area contributed by atoms with E-state index in [0.717, 1.165) is 26.7 Å². The average Bonchev–Trinajstić information content (AvgIpc) is 3.51. The first-order valence-corrected chi connectivity index (χ1v) is 14.1. The van der Waals surface area contributed by atoms with Crippen LogP contribution in [0.5, 0.6) is 5.88 Å². The highest BCUT2D eigenvalue weighted by Gasteiger charge is 2.23. The molecule has 44 heavy (non-hydrogen) atoms. The van der Waals surface area contributed by atoms with Gasteiger partial charge >= 0.3 is 17.8 Å². The molecule has 14 heteroatoms. The average molecular weight is 608 g/mol. The number of hydrogen-bond donors (Lipinski definition) is 7. The largest absolute Gasteiger partial charge is 0.493 e. The molecule has 0 fully saturated rings. The molecule has 0 radical (unpaired) electrons. The molecule has 2 heterocycles. The number of aromatic hydroxyl groups is 1. The van der Waals surface area contributed by atoms with Gasteiger partial charge in [0.1, 0.15) is 19.2 Å². The number of aromatic amines is 2. The van der Waals surface area contributed by atoms with Crippen LogP contribution in [-0.2, 0) is 39.3 Å². The molecule has 4 rings (SSSR count). The zero-order valence-electron chi connectivity index (χ0n) is 24.8. The number of aromatic nitrogens is 4. The first-order chi connectivity index (χ1) is 20.9. The number of hydrogen-bond acceptors (Lipinski definition) is 8. The third-order valence-electron chi connectivity index (χ3n) is 6.90. The lowest BCUT2D eigenvalue weighted by molar-refractivity contribution is -0.139. The summed E-state index contributed by atoms with van der Waals surface area (Å²) in [6, 6.07) is 13.6. The van der Waals surface area contributed by atoms with Crippen LogP contribution in [-0.4, -0.2) is 66.8 Å². The Morgan fingerprint density at radius 1 is 1.07 bits per heavy atom. The lowest BCUT2D eigenvalue weighted by Gasteiger charge is -2.19. The summed E-state index contributed by atoms with van der Waals surface area (Å²) in [4.78, 5) is 58.8. The molecular weight excluding hydrogens is 570 g/mol. The van der Waals surface area contributed by atoms with E-state index in [1.165, 1.54) is 0 Å². The molecule has 2 aromatic heterocycles. The van der Waals surface area contributed by atoms with Crippen molar-refractivity contribution in [1.82, 2.24) is 30.2 Å². The summed E-state index contributed by atoms with van der Waals surface area (Å²) in [5, 5.41) is 27.7. The number of aliphatic carboxylic acids is 1. The van der Waals surface area contributed by atoms with E-state index in [1.54, 1.807) is 0 Å². The van der Waals surface area contributed by atoms with Crippen molar-refractivity contribution in [2.75, 3.05) is 18.4 Å². The Labute approximate surface area is 252 Å². The Balaban J connectivity index is 1.21. The number of nitrogens with one attached hydrogen (secondary N) is 5. The van der Waals surface area contributed by atoms with Crippen LogP contribution < -0.4 is 21.6 Å². The van der Waals surface area contributed by atoms with E-state index in [0.29, 0.717) is 25.3 Å². The summed E-state index contributed by atoms with van der Waals surface area (Å²) in [6.45, 7) is 5.66. The number of anilines is 1. The first kappa shape index (κ1) is 31.7. The van der Waals surface area contributed by atoms with E-state index >= 15 is 0 Å². The lowest BCUT2D eigenvalue weighted by Crippen LogP contribution is -2.49. The van der Waals surface area contributed by atoms with Crippen molar-refractivity contribution in [2.24, 2.45) is 0 Å². The van der Waals surface area contributed by atoms with Crippen molar-refractivity contribution in [3.8, 4) is 5.88 Å². The Morgan fingerprint density at radius 3 is 2.48 bits per heavy atom. The number of carbonyl (C=O) groups excluding carboxylic acids is 2. The molecule has 0 saturated carbocycles. The first-order valence-electron chi connectivity index (χ1n) is 14.1. The number of carboxylic acids is 1. The molecule has 0 saturated heterocycles. The number of amides is 2. The molecule has 2 amide bonds. The standard InChI is InChI=1S/C30H37N7O7/c1-30(2,3)19-12-10-18(11-13-19)17-44-29(43)36-23(26(40)41)15-32-24(38)16-37-25(39)22(35-28(37)42)9-6-14-31-27-33-20-7-4-5-8-21(20)34-27/h4-5,7-8,10-13,23,39H,6,9,14-17H2,1-3H3,(H,32,38)(H,35,42)(H,36,43)(H,40,41)(H2,31,33,34)/t23-/m0/s1. The van der Waals surface area contributed by atoms with Crippen molar-refractivity contribution >= 4 is 35.0 Å². The second kappa shape index (κ2) is 13.8. The summed E-state index contributed by atoms with van der Waals surface area (Å²) in [6.07, 6.45) is -0.108. The van der Waals surface area contributed by atoms with Gasteiger partial charge in [0.2, 0.25) is 17.7 Å². The molecule has 0 bridgehead atoms. The van der Waals surface area contributed by atoms with E-state index in [9.17, 15) is 29.4 Å². The molecule has 0 aliphatic rings. The number of nitrogens with zero attached hydrogens (tertiary/aromatic N) is 2. The van der Waals surface area contributed by atoms with E-state index in [-0.39, 0.29) is 23.6 Å². The molecular formula is C30H37N7O7. The van der Waals surface area contributed by atoms with E-state index in [4.69, 9.17) is 4.74 Å². The summed E-state index contributed by atoms with van der Waals surface area (Å²) >= 11 is 0. The van der Waals surface area contributed by atoms with Crippen LogP contribution in [0, 0.1) is 0 Å². The fourth-order valence-corrected chi connectivity index (χ4v) is 4.39. The van der Waals surface area contributed by atoms with E-state index < -0.39 is 42.8 Å². The van der Waals surface area contributed by atoms with Gasteiger partial charge in [0.05, 0.1) is 16.7 Å². The van der Waals surface area contributed by atoms with Gasteiger partial charge in [-0.2, -0.15) is 0 Å². The van der Waals surface area contributed by atoms with Crippen LogP contribution in [0.4, 0.5) is 10.7 Å². The van der Waals surface area contributed by atoms with Crippen molar-refractivity contribution in [3.63, 3.8) is 0 Å². The summed E-state index contributed by atoms with van der Waals surface area (Å²) in [7, 11) is 0. The maximum atomic E-state index is 12.5. The SMILES string of the molecule is CC(C)(C)c1ccc(COC(=O)N[C@@H](CNC(=O)Cn2c(O)c(CCCNc3nc4ccccc4[nH]3)[nH]c2=O)C(=O)O)cc1. The highest BCUT2D eigenvalue weighted by atomic mass is 16.5. The maximum Gasteiger partial charge on any atom is 0.408 e. The van der Waals surface area contributed by atoms with Gasteiger partial charge in [0.15, 0.2) is 0 Å². The summed E-state index contributed by atoms with van der Waals surface area (Å²) < 4.78 is 5.98. The maximum absolute atomic E-state index is 12.5. The quantitative estimate of drug-likeness (QED) is 0.111. The van der Waals surface area contributed by atoms with Crippen LogP contribution in [0.3, 0.4) is 0 Å². The number of carbonyl (C=O) groups is 3. The fourth-order valence-electron chi connectivity index (χ4n) is 4.39. The normalized spacial score (nSPS) is 12.1. The Hall–Kier alpha value is -5.27. The second-order valence-corrected chi connectivity index (χ2v) is 11.3. The number of imidazole rings is 2. The van der Waals surface area contributed by atoms with Gasteiger partial charge in [-0.3, -0.25) is 9.36 Å². The highest BCUT2D eigenvalue weighted by molar-refractivity contribution is 5.82. The number of alkyl carbamates (subject to hydrolysis) is 1. The molecule has 234 valence electrons. The molecule has 2 aromatic carbocycles.